The van der Waals surface area contributed by atoms with Gasteiger partial charge in [-0.3, -0.25) is 0 Å². The van der Waals surface area contributed by atoms with Crippen molar-refractivity contribution in [3.05, 3.63) is 35.4 Å². The van der Waals surface area contributed by atoms with E-state index in [1.807, 2.05) is 0 Å². The zero-order chi connectivity index (χ0) is 13.1. The highest BCUT2D eigenvalue weighted by atomic mass is 19.4. The number of rotatable bonds is 3. The molecule has 0 aliphatic rings. The zero-order valence-electron chi connectivity index (χ0n) is 8.78. The van der Waals surface area contributed by atoms with Crippen molar-refractivity contribution in [3.8, 4) is 5.75 Å². The van der Waals surface area contributed by atoms with Crippen molar-refractivity contribution in [2.24, 2.45) is 0 Å². The molecule has 1 aromatic carbocycles. The van der Waals surface area contributed by atoms with Crippen LogP contribution in [0.5, 0.6) is 5.75 Å². The second-order valence-electron chi connectivity index (χ2n) is 3.22. The second-order valence-corrected chi connectivity index (χ2v) is 3.22. The summed E-state index contributed by atoms with van der Waals surface area (Å²) >= 11 is 0. The van der Waals surface area contributed by atoms with Gasteiger partial charge in [0, 0.05) is 11.1 Å². The molecular weight excluding hydrogens is 237 g/mol. The molecule has 0 aromatic heterocycles. The fourth-order valence-corrected chi connectivity index (χ4v) is 1.11. The highest BCUT2D eigenvalue weighted by Crippen LogP contribution is 2.27. The maximum absolute atomic E-state index is 12.1. The average molecular weight is 246 g/mol. The van der Waals surface area contributed by atoms with Crippen molar-refractivity contribution in [1.29, 1.82) is 0 Å². The Balaban J connectivity index is 3.09. The number of halogens is 3. The van der Waals surface area contributed by atoms with Crippen LogP contribution >= 0.6 is 0 Å². The van der Waals surface area contributed by atoms with Gasteiger partial charge in [0.2, 0.25) is 0 Å². The van der Waals surface area contributed by atoms with Crippen molar-refractivity contribution in [2.75, 3.05) is 0 Å². The number of alkyl halides is 3. The molecule has 3 nitrogen and oxygen atoms in total. The van der Waals surface area contributed by atoms with Gasteiger partial charge in [-0.05, 0) is 19.1 Å². The number of hydrogen-bond acceptors (Lipinski definition) is 2. The van der Waals surface area contributed by atoms with Gasteiger partial charge < -0.3 is 9.84 Å². The predicted molar refractivity (Wildman–Crippen MR) is 54.4 cm³/mol. The van der Waals surface area contributed by atoms with Crippen LogP contribution in [0.2, 0.25) is 0 Å². The molecule has 6 heteroatoms. The molecule has 1 aromatic rings. The SMILES string of the molecule is CC(=Cc1ccccc1OC(F)(F)F)C(=O)O. The normalized spacial score (nSPS) is 12.4. The number of benzene rings is 1. The van der Waals surface area contributed by atoms with Crippen molar-refractivity contribution in [1.82, 2.24) is 0 Å². The highest BCUT2D eigenvalue weighted by molar-refractivity contribution is 5.91. The third-order valence-electron chi connectivity index (χ3n) is 1.85. The van der Waals surface area contributed by atoms with E-state index >= 15 is 0 Å². The molecule has 0 bridgehead atoms. The van der Waals surface area contributed by atoms with Crippen LogP contribution in [-0.4, -0.2) is 17.4 Å². The third-order valence-corrected chi connectivity index (χ3v) is 1.85. The van der Waals surface area contributed by atoms with E-state index in [2.05, 4.69) is 4.74 Å². The van der Waals surface area contributed by atoms with E-state index in [9.17, 15) is 18.0 Å². The van der Waals surface area contributed by atoms with Crippen molar-refractivity contribution in [3.63, 3.8) is 0 Å². The third kappa shape index (κ3) is 4.18. The van der Waals surface area contributed by atoms with Gasteiger partial charge in [-0.2, -0.15) is 0 Å². The Morgan fingerprint density at radius 2 is 1.94 bits per heavy atom. The summed E-state index contributed by atoms with van der Waals surface area (Å²) in [6, 6.07) is 5.32. The molecule has 17 heavy (non-hydrogen) atoms. The van der Waals surface area contributed by atoms with Crippen LogP contribution in [0, 0.1) is 0 Å². The molecule has 0 amide bonds. The van der Waals surface area contributed by atoms with E-state index in [1.165, 1.54) is 25.1 Å². The molecule has 0 aliphatic carbocycles. The van der Waals surface area contributed by atoms with E-state index in [4.69, 9.17) is 5.11 Å². The van der Waals surface area contributed by atoms with Crippen molar-refractivity contribution >= 4 is 12.0 Å². The number of hydrogen-bond donors (Lipinski definition) is 1. The summed E-state index contributed by atoms with van der Waals surface area (Å²) in [7, 11) is 0. The molecule has 0 spiro atoms. The van der Waals surface area contributed by atoms with E-state index in [1.54, 1.807) is 0 Å². The first-order chi connectivity index (χ1) is 7.79. The molecule has 0 unspecified atom stereocenters. The Kier molecular flexibility index (Phi) is 3.77. The highest BCUT2D eigenvalue weighted by Gasteiger charge is 2.31. The van der Waals surface area contributed by atoms with Gasteiger partial charge in [0.05, 0.1) is 0 Å². The minimum absolute atomic E-state index is 0.0599. The lowest BCUT2D eigenvalue weighted by Gasteiger charge is -2.11. The van der Waals surface area contributed by atoms with Gasteiger partial charge in [0.1, 0.15) is 5.75 Å². The van der Waals surface area contributed by atoms with Gasteiger partial charge in [-0.1, -0.05) is 18.2 Å². The summed E-state index contributed by atoms with van der Waals surface area (Å²) in [6.45, 7) is 1.28. The Morgan fingerprint density at radius 3 is 2.47 bits per heavy atom. The molecule has 1 N–H and O–H groups in total. The maximum Gasteiger partial charge on any atom is 0.573 e. The van der Waals surface area contributed by atoms with Crippen LogP contribution in [0.1, 0.15) is 12.5 Å². The Bertz CT molecular complexity index is 450. The van der Waals surface area contributed by atoms with Gasteiger partial charge in [-0.15, -0.1) is 13.2 Å². The minimum Gasteiger partial charge on any atom is -0.478 e. The quantitative estimate of drug-likeness (QED) is 0.833. The molecule has 0 saturated heterocycles. The van der Waals surface area contributed by atoms with Crippen LogP contribution in [-0.2, 0) is 4.79 Å². The summed E-state index contributed by atoms with van der Waals surface area (Å²) < 4.78 is 40.0. The molecule has 0 radical (unpaired) electrons. The summed E-state index contributed by atoms with van der Waals surface area (Å²) in [5, 5.41) is 8.64. The van der Waals surface area contributed by atoms with Gasteiger partial charge >= 0.3 is 12.3 Å². The van der Waals surface area contributed by atoms with Gasteiger partial charge in [0.15, 0.2) is 0 Å². The largest absolute Gasteiger partial charge is 0.573 e. The number of carboxylic acids is 1. The van der Waals surface area contributed by atoms with Crippen LogP contribution < -0.4 is 4.74 Å². The van der Waals surface area contributed by atoms with Gasteiger partial charge in [-0.25, -0.2) is 4.79 Å². The Hall–Kier alpha value is -1.98. The van der Waals surface area contributed by atoms with E-state index in [0.717, 1.165) is 12.1 Å². The second kappa shape index (κ2) is 4.90. The predicted octanol–water partition coefficient (Wildman–Crippen LogP) is 3.07. The first-order valence-electron chi connectivity index (χ1n) is 4.56. The smallest absolute Gasteiger partial charge is 0.478 e. The lowest BCUT2D eigenvalue weighted by molar-refractivity contribution is -0.274. The number of ether oxygens (including phenoxy) is 1. The van der Waals surface area contributed by atoms with Crippen molar-refractivity contribution in [2.45, 2.75) is 13.3 Å². The fourth-order valence-electron chi connectivity index (χ4n) is 1.11. The van der Waals surface area contributed by atoms with E-state index in [0.29, 0.717) is 0 Å². The lowest BCUT2D eigenvalue weighted by atomic mass is 10.1. The van der Waals surface area contributed by atoms with E-state index < -0.39 is 18.1 Å². The summed E-state index contributed by atoms with van der Waals surface area (Å²) in [5.74, 6) is -1.63. The topological polar surface area (TPSA) is 46.5 Å². The van der Waals surface area contributed by atoms with Crippen LogP contribution in [0.25, 0.3) is 6.08 Å². The molecule has 0 saturated carbocycles. The fraction of sp³-hybridized carbons (Fsp3) is 0.182. The zero-order valence-corrected chi connectivity index (χ0v) is 8.78. The molecule has 92 valence electrons. The average Bonchev–Trinajstić information content (AvgIpc) is 2.18. The molecule has 1 rings (SSSR count). The standard InChI is InChI=1S/C11H9F3O3/c1-7(10(15)16)6-8-4-2-3-5-9(8)17-11(12,13)14/h2-6H,1H3,(H,15,16). The van der Waals surface area contributed by atoms with E-state index in [-0.39, 0.29) is 11.1 Å². The Labute approximate surface area is 95.1 Å². The minimum atomic E-state index is -4.80. The summed E-state index contributed by atoms with van der Waals surface area (Å²) in [6.07, 6.45) is -3.69. The molecule has 0 heterocycles. The number of carboxylic acid groups (broad SMARTS) is 1. The summed E-state index contributed by atoms with van der Waals surface area (Å²) in [4.78, 5) is 10.6. The number of para-hydroxylation sites is 1. The first-order valence-corrected chi connectivity index (χ1v) is 4.56. The Morgan fingerprint density at radius 1 is 1.35 bits per heavy atom. The molecule has 0 aliphatic heterocycles. The van der Waals surface area contributed by atoms with Crippen LogP contribution in [0.15, 0.2) is 29.8 Å². The van der Waals surface area contributed by atoms with Crippen LogP contribution in [0.4, 0.5) is 13.2 Å². The lowest BCUT2D eigenvalue weighted by Crippen LogP contribution is -2.17. The molecule has 0 atom stereocenters. The number of aliphatic carboxylic acids is 1. The van der Waals surface area contributed by atoms with Gasteiger partial charge in [0.25, 0.3) is 0 Å². The monoisotopic (exact) mass is 246 g/mol. The van der Waals surface area contributed by atoms with Crippen molar-refractivity contribution < 1.29 is 27.8 Å². The molecular formula is C11H9F3O3. The van der Waals surface area contributed by atoms with Crippen LogP contribution in [0.3, 0.4) is 0 Å². The number of carbonyl (C=O) groups is 1. The summed E-state index contributed by atoms with van der Waals surface area (Å²) in [5.41, 5.74) is -0.0204. The first kappa shape index (κ1) is 13.1. The molecule has 0 fully saturated rings. The maximum atomic E-state index is 12.1.